The Kier molecular flexibility index (Phi) is 2.66. The minimum Gasteiger partial charge on any atom is -0.423 e. The molecule has 0 bridgehead atoms. The van der Waals surface area contributed by atoms with Gasteiger partial charge in [0.25, 0.3) is 0 Å². The van der Waals surface area contributed by atoms with Crippen LogP contribution in [0, 0.1) is 0 Å². The smallest absolute Gasteiger partial charge is 0.306 e. The van der Waals surface area contributed by atoms with Crippen LogP contribution in [0.1, 0.15) is 0 Å². The number of oxazole rings is 1. The van der Waals surface area contributed by atoms with Gasteiger partial charge >= 0.3 is 5.84 Å². The lowest BCUT2D eigenvalue weighted by Gasteiger charge is -1.99. The van der Waals surface area contributed by atoms with Gasteiger partial charge in [0.2, 0.25) is 0 Å². The molecule has 7 nitrogen and oxygen atoms in total. The summed E-state index contributed by atoms with van der Waals surface area (Å²) >= 11 is 0. The van der Waals surface area contributed by atoms with Gasteiger partial charge in [0.05, 0.1) is 42.6 Å². The summed E-state index contributed by atoms with van der Waals surface area (Å²) in [6.45, 7) is 0. The molecule has 0 amide bonds. The number of imidazole rings is 3. The minimum absolute atomic E-state index is 0.548. The molecule has 2 N–H and O–H groups in total. The highest BCUT2D eigenvalue weighted by molar-refractivity contribution is 5.66. The van der Waals surface area contributed by atoms with E-state index in [2.05, 4.69) is 24.9 Å². The van der Waals surface area contributed by atoms with Crippen molar-refractivity contribution in [3.63, 3.8) is 0 Å². The monoisotopic (exact) mass is 316 g/mol. The van der Waals surface area contributed by atoms with Crippen LogP contribution in [0.25, 0.3) is 39.8 Å². The topological polar surface area (TPSA) is 87.8 Å². The second-order valence-electron chi connectivity index (χ2n) is 5.42. The second-order valence-corrected chi connectivity index (χ2v) is 5.42. The van der Waals surface area contributed by atoms with Crippen LogP contribution in [-0.2, 0) is 0 Å². The van der Waals surface area contributed by atoms with Crippen LogP contribution in [0.3, 0.4) is 0 Å². The molecule has 1 aromatic carbocycles. The number of nitrogens with one attached hydrogen (secondary N) is 2. The van der Waals surface area contributed by atoms with Gasteiger partial charge in [0.1, 0.15) is 5.69 Å². The quantitative estimate of drug-likeness (QED) is 0.534. The van der Waals surface area contributed by atoms with E-state index < -0.39 is 0 Å². The van der Waals surface area contributed by atoms with Gasteiger partial charge in [-0.05, 0) is 5.56 Å². The van der Waals surface area contributed by atoms with Gasteiger partial charge in [0, 0.05) is 11.8 Å². The molecule has 0 aliphatic carbocycles. The molecular formula is C17H12N6O. The molecule has 24 heavy (non-hydrogen) atoms. The molecule has 5 rings (SSSR count). The van der Waals surface area contributed by atoms with Gasteiger partial charge in [-0.25, -0.2) is 9.97 Å². The predicted molar refractivity (Wildman–Crippen MR) is 88.1 cm³/mol. The summed E-state index contributed by atoms with van der Waals surface area (Å²) in [5, 5.41) is 0. The highest BCUT2D eigenvalue weighted by Gasteiger charge is 2.12. The van der Waals surface area contributed by atoms with E-state index in [1.807, 2.05) is 41.1 Å². The molecule has 4 heterocycles. The molecule has 0 atom stereocenters. The molecule has 0 fully saturated rings. The van der Waals surface area contributed by atoms with Crippen molar-refractivity contribution in [2.24, 2.45) is 0 Å². The zero-order valence-electron chi connectivity index (χ0n) is 12.5. The first-order valence-electron chi connectivity index (χ1n) is 7.43. The number of hydrogen-bond acceptors (Lipinski definition) is 4. The molecule has 116 valence electrons. The minimum atomic E-state index is 0.548. The predicted octanol–water partition coefficient (Wildman–Crippen LogP) is 3.37. The van der Waals surface area contributed by atoms with Crippen LogP contribution in [0.5, 0.6) is 0 Å². The fourth-order valence-corrected chi connectivity index (χ4v) is 2.68. The first-order valence-corrected chi connectivity index (χ1v) is 7.43. The van der Waals surface area contributed by atoms with Crippen LogP contribution in [0.2, 0.25) is 0 Å². The van der Waals surface area contributed by atoms with Gasteiger partial charge in [-0.3, -0.25) is 4.40 Å². The van der Waals surface area contributed by atoms with Crippen LogP contribution >= 0.6 is 0 Å². The fraction of sp³-hybridized carbons (Fsp3) is 0. The molecule has 0 aliphatic heterocycles. The van der Waals surface area contributed by atoms with E-state index in [1.165, 1.54) is 0 Å². The molecule has 0 radical (unpaired) electrons. The number of benzene rings is 1. The third kappa shape index (κ3) is 2.03. The number of fused-ring (bicyclic) bond motifs is 1. The van der Waals surface area contributed by atoms with Crippen molar-refractivity contribution in [2.75, 3.05) is 0 Å². The van der Waals surface area contributed by atoms with E-state index in [0.717, 1.165) is 34.0 Å². The normalized spacial score (nSPS) is 11.3. The number of hydrogen-bond donors (Lipinski definition) is 2. The third-order valence-corrected chi connectivity index (χ3v) is 3.91. The van der Waals surface area contributed by atoms with Gasteiger partial charge in [-0.2, -0.15) is 4.98 Å². The molecule has 0 spiro atoms. The Morgan fingerprint density at radius 2 is 1.54 bits per heavy atom. The maximum atomic E-state index is 5.86. The second kappa shape index (κ2) is 4.95. The standard InChI is InChI=1S/C17H12N6O/c1-3-12(4-2-11(1)13-5-18-9-20-13)16-8-23-7-15(22-17(23)24-16)14-6-19-10-21-14/h1-10H,(H,18,20)(H,19,21). The number of nitrogens with zero attached hydrogens (tertiary/aromatic N) is 4. The maximum Gasteiger partial charge on any atom is 0.306 e. The molecule has 0 unspecified atom stereocenters. The summed E-state index contributed by atoms with van der Waals surface area (Å²) < 4.78 is 7.73. The molecule has 0 saturated heterocycles. The van der Waals surface area contributed by atoms with Crippen molar-refractivity contribution in [1.82, 2.24) is 29.3 Å². The first kappa shape index (κ1) is 12.9. The summed E-state index contributed by atoms with van der Waals surface area (Å²) in [5.74, 6) is 1.32. The lowest BCUT2D eigenvalue weighted by molar-refractivity contribution is 0.610. The Morgan fingerprint density at radius 1 is 0.833 bits per heavy atom. The molecule has 4 aromatic heterocycles. The Bertz CT molecular complexity index is 1050. The van der Waals surface area contributed by atoms with E-state index in [4.69, 9.17) is 4.42 Å². The molecule has 0 saturated carbocycles. The summed E-state index contributed by atoms with van der Waals surface area (Å²) in [7, 11) is 0. The van der Waals surface area contributed by atoms with Crippen LogP contribution in [-0.4, -0.2) is 29.3 Å². The summed E-state index contributed by atoms with van der Waals surface area (Å²) in [6.07, 6.45) is 10.7. The van der Waals surface area contributed by atoms with Crippen LogP contribution in [0.4, 0.5) is 0 Å². The van der Waals surface area contributed by atoms with Crippen LogP contribution < -0.4 is 0 Å². The number of aromatic amines is 2. The molecule has 7 heteroatoms. The number of aromatic nitrogens is 6. The summed E-state index contributed by atoms with van der Waals surface area (Å²) in [4.78, 5) is 18.6. The van der Waals surface area contributed by atoms with Crippen molar-refractivity contribution in [1.29, 1.82) is 0 Å². The number of rotatable bonds is 3. The van der Waals surface area contributed by atoms with E-state index in [0.29, 0.717) is 5.84 Å². The zero-order valence-corrected chi connectivity index (χ0v) is 12.5. The highest BCUT2D eigenvalue weighted by Crippen LogP contribution is 2.27. The average molecular weight is 316 g/mol. The van der Waals surface area contributed by atoms with Crippen LogP contribution in [0.15, 0.2) is 66.1 Å². The molecule has 0 aliphatic rings. The molecular weight excluding hydrogens is 304 g/mol. The maximum absolute atomic E-state index is 5.86. The lowest BCUT2D eigenvalue weighted by atomic mass is 10.1. The SMILES string of the molecule is c1ncc(-c2ccc(-c3cn4cc(-c5cnc[nH]5)nc4o3)cc2)[nH]1. The third-order valence-electron chi connectivity index (χ3n) is 3.91. The fourth-order valence-electron chi connectivity index (χ4n) is 2.68. The van der Waals surface area contributed by atoms with Crippen molar-refractivity contribution in [3.8, 4) is 34.0 Å². The van der Waals surface area contributed by atoms with E-state index >= 15 is 0 Å². The van der Waals surface area contributed by atoms with Crippen molar-refractivity contribution >= 4 is 5.84 Å². The Balaban J connectivity index is 1.49. The summed E-state index contributed by atoms with van der Waals surface area (Å²) in [6, 6.07) is 8.10. The summed E-state index contributed by atoms with van der Waals surface area (Å²) in [5.41, 5.74) is 4.72. The Morgan fingerprint density at radius 3 is 2.21 bits per heavy atom. The van der Waals surface area contributed by atoms with E-state index in [9.17, 15) is 0 Å². The Labute approximate surface area is 136 Å². The van der Waals surface area contributed by atoms with Gasteiger partial charge in [-0.15, -0.1) is 0 Å². The van der Waals surface area contributed by atoms with Gasteiger partial charge in [-0.1, -0.05) is 24.3 Å². The lowest BCUT2D eigenvalue weighted by Crippen LogP contribution is -1.79. The van der Waals surface area contributed by atoms with Gasteiger partial charge < -0.3 is 14.4 Å². The van der Waals surface area contributed by atoms with Crippen molar-refractivity contribution in [2.45, 2.75) is 0 Å². The van der Waals surface area contributed by atoms with Crippen molar-refractivity contribution < 1.29 is 4.42 Å². The van der Waals surface area contributed by atoms with Gasteiger partial charge in [0.15, 0.2) is 5.76 Å². The first-order chi connectivity index (χ1) is 11.9. The average Bonchev–Trinajstić information content (AvgIpc) is 3.37. The van der Waals surface area contributed by atoms with Crippen molar-refractivity contribution in [3.05, 3.63) is 61.7 Å². The zero-order chi connectivity index (χ0) is 15.9. The Hall–Kier alpha value is -3.61. The van der Waals surface area contributed by atoms with E-state index in [1.54, 1.807) is 25.0 Å². The van der Waals surface area contributed by atoms with E-state index in [-0.39, 0.29) is 0 Å². The number of H-pyrrole nitrogens is 2. The molecule has 5 aromatic rings. The highest BCUT2D eigenvalue weighted by atomic mass is 16.4. The largest absolute Gasteiger partial charge is 0.423 e.